The number of hydrogen-bond acceptors (Lipinski definition) is 5. The summed E-state index contributed by atoms with van der Waals surface area (Å²) in [6, 6.07) is 22.4. The van der Waals surface area contributed by atoms with Gasteiger partial charge in [-0.15, -0.1) is 0 Å². The van der Waals surface area contributed by atoms with Crippen LogP contribution in [0, 0.1) is 0 Å². The van der Waals surface area contributed by atoms with E-state index in [1.54, 1.807) is 31.4 Å². The van der Waals surface area contributed by atoms with Gasteiger partial charge in [-0.2, -0.15) is 0 Å². The standard InChI is InChI=1S/C33H35ClN4O4/c1-22(2)23-8-14-27(15-9-23)38-20-30(24-10-16-28(41-3)17-11-24)35-33(38)36-31(39)21-37(19-29-5-4-18-42-29)32(40)25-6-12-26(34)13-7-25/h6-17,20,22,29H,4-5,18-19,21H2,1-3H3,(H,35,36,39)/t29-/m0/s1. The van der Waals surface area contributed by atoms with Crippen molar-refractivity contribution < 1.29 is 19.1 Å². The fourth-order valence-corrected chi connectivity index (χ4v) is 5.08. The molecule has 4 aromatic rings. The number of ether oxygens (including phenoxy) is 2. The molecule has 218 valence electrons. The normalized spacial score (nSPS) is 14.6. The highest BCUT2D eigenvalue weighted by Crippen LogP contribution is 2.27. The van der Waals surface area contributed by atoms with Gasteiger partial charge in [0.2, 0.25) is 11.9 Å². The maximum Gasteiger partial charge on any atom is 0.254 e. The lowest BCUT2D eigenvalue weighted by Gasteiger charge is -2.25. The summed E-state index contributed by atoms with van der Waals surface area (Å²) in [7, 11) is 1.62. The zero-order valence-electron chi connectivity index (χ0n) is 24.0. The highest BCUT2D eigenvalue weighted by molar-refractivity contribution is 6.30. The lowest BCUT2D eigenvalue weighted by molar-refractivity contribution is -0.117. The van der Waals surface area contributed by atoms with E-state index in [1.165, 1.54) is 10.5 Å². The maximum atomic E-state index is 13.5. The Kier molecular flexibility index (Phi) is 9.25. The second-order valence-corrected chi connectivity index (χ2v) is 11.1. The molecule has 1 fully saturated rings. The van der Waals surface area contributed by atoms with Crippen LogP contribution in [-0.2, 0) is 9.53 Å². The molecule has 1 aromatic heterocycles. The monoisotopic (exact) mass is 586 g/mol. The van der Waals surface area contributed by atoms with E-state index in [0.717, 1.165) is 29.8 Å². The predicted octanol–water partition coefficient (Wildman–Crippen LogP) is 6.58. The minimum Gasteiger partial charge on any atom is -0.497 e. The van der Waals surface area contributed by atoms with Gasteiger partial charge in [0.25, 0.3) is 5.91 Å². The summed E-state index contributed by atoms with van der Waals surface area (Å²) in [4.78, 5) is 33.3. The Bertz CT molecular complexity index is 1510. The number of benzene rings is 3. The Morgan fingerprint density at radius 3 is 2.40 bits per heavy atom. The molecule has 8 nitrogen and oxygen atoms in total. The molecule has 1 N–H and O–H groups in total. The van der Waals surface area contributed by atoms with E-state index in [1.807, 2.05) is 47.2 Å². The molecule has 0 unspecified atom stereocenters. The molecule has 1 saturated heterocycles. The molecule has 9 heteroatoms. The summed E-state index contributed by atoms with van der Waals surface area (Å²) in [5, 5.41) is 3.50. The minimum absolute atomic E-state index is 0.114. The molecule has 0 aliphatic carbocycles. The van der Waals surface area contributed by atoms with Crippen molar-refractivity contribution in [3.63, 3.8) is 0 Å². The number of methoxy groups -OCH3 is 1. The van der Waals surface area contributed by atoms with E-state index in [2.05, 4.69) is 31.3 Å². The van der Waals surface area contributed by atoms with Gasteiger partial charge in [-0.3, -0.25) is 19.5 Å². The molecule has 1 aliphatic rings. The van der Waals surface area contributed by atoms with Gasteiger partial charge in [0.15, 0.2) is 0 Å². The van der Waals surface area contributed by atoms with E-state index in [9.17, 15) is 9.59 Å². The summed E-state index contributed by atoms with van der Waals surface area (Å²) < 4.78 is 12.9. The van der Waals surface area contributed by atoms with Gasteiger partial charge in [0, 0.05) is 41.2 Å². The average Bonchev–Trinajstić information content (AvgIpc) is 3.67. The molecule has 0 spiro atoms. The number of carbonyl (C=O) groups is 2. The number of amides is 2. The second kappa shape index (κ2) is 13.2. The first-order valence-electron chi connectivity index (χ1n) is 14.1. The second-order valence-electron chi connectivity index (χ2n) is 10.7. The molecule has 1 aliphatic heterocycles. The van der Waals surface area contributed by atoms with Crippen molar-refractivity contribution in [3.8, 4) is 22.7 Å². The van der Waals surface area contributed by atoms with E-state index in [4.69, 9.17) is 26.1 Å². The number of halogens is 1. The number of anilines is 1. The van der Waals surface area contributed by atoms with Crippen LogP contribution in [0.2, 0.25) is 5.02 Å². The highest BCUT2D eigenvalue weighted by atomic mass is 35.5. The molecule has 3 aromatic carbocycles. The number of rotatable bonds is 10. The van der Waals surface area contributed by atoms with Gasteiger partial charge in [-0.25, -0.2) is 4.98 Å². The van der Waals surface area contributed by atoms with Crippen molar-refractivity contribution in [2.75, 3.05) is 32.1 Å². The first-order chi connectivity index (χ1) is 20.3. The van der Waals surface area contributed by atoms with Crippen LogP contribution in [0.3, 0.4) is 0 Å². The Balaban J connectivity index is 1.42. The van der Waals surface area contributed by atoms with Crippen LogP contribution < -0.4 is 10.1 Å². The van der Waals surface area contributed by atoms with Crippen molar-refractivity contribution >= 4 is 29.4 Å². The number of hydrogen-bond donors (Lipinski definition) is 1. The van der Waals surface area contributed by atoms with Gasteiger partial charge < -0.3 is 14.4 Å². The minimum atomic E-state index is -0.359. The largest absolute Gasteiger partial charge is 0.497 e. The van der Waals surface area contributed by atoms with Gasteiger partial charge >= 0.3 is 0 Å². The van der Waals surface area contributed by atoms with E-state index in [0.29, 0.717) is 41.3 Å². The average molecular weight is 587 g/mol. The first kappa shape index (κ1) is 29.4. The van der Waals surface area contributed by atoms with Gasteiger partial charge in [0.1, 0.15) is 12.3 Å². The van der Waals surface area contributed by atoms with E-state index >= 15 is 0 Å². The number of aromatic nitrogens is 2. The molecule has 2 heterocycles. The molecule has 0 bridgehead atoms. The third-order valence-corrected chi connectivity index (χ3v) is 7.59. The van der Waals surface area contributed by atoms with E-state index in [-0.39, 0.29) is 24.5 Å². The zero-order chi connectivity index (χ0) is 29.6. The molecule has 0 saturated carbocycles. The third kappa shape index (κ3) is 7.01. The summed E-state index contributed by atoms with van der Waals surface area (Å²) in [5.74, 6) is 0.877. The van der Waals surface area contributed by atoms with Crippen LogP contribution in [-0.4, -0.2) is 59.2 Å². The van der Waals surface area contributed by atoms with Crippen LogP contribution in [0.25, 0.3) is 16.9 Å². The van der Waals surface area contributed by atoms with E-state index < -0.39 is 0 Å². The molecule has 5 rings (SSSR count). The fourth-order valence-electron chi connectivity index (χ4n) is 4.95. The summed E-state index contributed by atoms with van der Waals surface area (Å²) in [6.45, 7) is 5.11. The van der Waals surface area contributed by atoms with Crippen molar-refractivity contribution in [3.05, 3.63) is 95.1 Å². The lowest BCUT2D eigenvalue weighted by atomic mass is 10.0. The summed E-state index contributed by atoms with van der Waals surface area (Å²) in [5.41, 5.74) is 4.09. The Labute approximate surface area is 251 Å². The quantitative estimate of drug-likeness (QED) is 0.227. The molecule has 42 heavy (non-hydrogen) atoms. The van der Waals surface area contributed by atoms with Crippen molar-refractivity contribution in [1.29, 1.82) is 0 Å². The molecule has 0 radical (unpaired) electrons. The highest BCUT2D eigenvalue weighted by Gasteiger charge is 2.26. The number of carbonyl (C=O) groups excluding carboxylic acids is 2. The van der Waals surface area contributed by atoms with Crippen LogP contribution >= 0.6 is 11.6 Å². The van der Waals surface area contributed by atoms with Gasteiger partial charge in [-0.1, -0.05) is 37.6 Å². The maximum absolute atomic E-state index is 13.5. The Hall–Kier alpha value is -4.14. The molecule has 1 atom stereocenters. The van der Waals surface area contributed by atoms with Gasteiger partial charge in [-0.05, 0) is 85.0 Å². The van der Waals surface area contributed by atoms with Crippen LogP contribution in [0.1, 0.15) is 48.5 Å². The Morgan fingerprint density at radius 2 is 1.79 bits per heavy atom. The van der Waals surface area contributed by atoms with Crippen molar-refractivity contribution in [2.24, 2.45) is 0 Å². The van der Waals surface area contributed by atoms with Crippen LogP contribution in [0.4, 0.5) is 5.95 Å². The van der Waals surface area contributed by atoms with Crippen LogP contribution in [0.15, 0.2) is 79.0 Å². The predicted molar refractivity (Wildman–Crippen MR) is 165 cm³/mol. The number of nitrogens with zero attached hydrogens (tertiary/aromatic N) is 3. The summed E-state index contributed by atoms with van der Waals surface area (Å²) in [6.07, 6.45) is 3.55. The van der Waals surface area contributed by atoms with Gasteiger partial charge in [0.05, 0.1) is 18.9 Å². The number of imidazole rings is 1. The topological polar surface area (TPSA) is 85.7 Å². The molecular formula is C33H35ClN4O4. The lowest BCUT2D eigenvalue weighted by Crippen LogP contribution is -2.42. The summed E-state index contributed by atoms with van der Waals surface area (Å²) >= 11 is 6.03. The van der Waals surface area contributed by atoms with Crippen molar-refractivity contribution in [1.82, 2.24) is 14.5 Å². The number of nitrogens with one attached hydrogen (secondary N) is 1. The third-order valence-electron chi connectivity index (χ3n) is 7.34. The molecular weight excluding hydrogens is 552 g/mol. The zero-order valence-corrected chi connectivity index (χ0v) is 24.8. The fraction of sp³-hybridized carbons (Fsp3) is 0.303. The van der Waals surface area contributed by atoms with Crippen molar-refractivity contribution in [2.45, 2.75) is 38.7 Å². The van der Waals surface area contributed by atoms with Crippen LogP contribution in [0.5, 0.6) is 5.75 Å². The molecule has 2 amide bonds. The first-order valence-corrected chi connectivity index (χ1v) is 14.5. The SMILES string of the molecule is COc1ccc(-c2cn(-c3ccc(C(C)C)cc3)c(NC(=O)CN(C[C@@H]3CCCO3)C(=O)c3ccc(Cl)cc3)n2)cc1. The Morgan fingerprint density at radius 1 is 1.07 bits per heavy atom. The smallest absolute Gasteiger partial charge is 0.254 e.